The van der Waals surface area contributed by atoms with Gasteiger partial charge in [-0.2, -0.15) is 5.26 Å². The Labute approximate surface area is 65.0 Å². The summed E-state index contributed by atoms with van der Waals surface area (Å²) in [5, 5.41) is 11.0. The van der Waals surface area contributed by atoms with Crippen molar-refractivity contribution < 1.29 is 4.79 Å². The third-order valence-corrected chi connectivity index (χ3v) is 1.41. The summed E-state index contributed by atoms with van der Waals surface area (Å²) >= 11 is 0. The second-order valence-electron chi connectivity index (χ2n) is 2.21. The molecule has 1 N–H and O–H groups in total. The minimum absolute atomic E-state index is 0.229. The highest BCUT2D eigenvalue weighted by atomic mass is 16.1. The molecule has 1 rings (SSSR count). The Morgan fingerprint density at radius 3 is 3.18 bits per heavy atom. The zero-order chi connectivity index (χ0) is 8.10. The van der Waals surface area contributed by atoms with Crippen molar-refractivity contribution in [3.8, 4) is 6.07 Å². The van der Waals surface area contributed by atoms with Crippen LogP contribution in [0.3, 0.4) is 0 Å². The Bertz CT molecular complexity index is 247. The van der Waals surface area contributed by atoms with E-state index in [0.717, 1.165) is 0 Å². The van der Waals surface area contributed by atoms with Crippen LogP contribution in [-0.4, -0.2) is 5.91 Å². The molecule has 1 atom stereocenters. The van der Waals surface area contributed by atoms with Gasteiger partial charge in [0.2, 0.25) is 5.91 Å². The van der Waals surface area contributed by atoms with Gasteiger partial charge in [-0.25, -0.2) is 0 Å². The summed E-state index contributed by atoms with van der Waals surface area (Å²) in [4.78, 5) is 11.0. The lowest BCUT2D eigenvalue weighted by Gasteiger charge is -2.05. The molecule has 0 aliphatic carbocycles. The van der Waals surface area contributed by atoms with E-state index in [2.05, 4.69) is 5.32 Å². The summed E-state index contributed by atoms with van der Waals surface area (Å²) in [5.74, 6) is -0.774. The molecule has 1 aliphatic rings. The van der Waals surface area contributed by atoms with Gasteiger partial charge < -0.3 is 5.32 Å². The largest absolute Gasteiger partial charge is 0.332 e. The smallest absolute Gasteiger partial charge is 0.241 e. The molecule has 0 aromatic heterocycles. The van der Waals surface area contributed by atoms with Crippen LogP contribution in [0.4, 0.5) is 0 Å². The molecule has 0 bridgehead atoms. The maximum absolute atomic E-state index is 11.0. The van der Waals surface area contributed by atoms with Gasteiger partial charge in [-0.1, -0.05) is 12.2 Å². The normalized spacial score (nSPS) is 29.0. The van der Waals surface area contributed by atoms with Crippen LogP contribution >= 0.6 is 0 Å². The van der Waals surface area contributed by atoms with Gasteiger partial charge in [0.15, 0.2) is 0 Å². The summed E-state index contributed by atoms with van der Waals surface area (Å²) < 4.78 is 0. The van der Waals surface area contributed by atoms with Crippen LogP contribution in [0.25, 0.3) is 0 Å². The quantitative estimate of drug-likeness (QED) is 0.550. The third kappa shape index (κ3) is 1.94. The highest BCUT2D eigenvalue weighted by molar-refractivity contribution is 5.82. The van der Waals surface area contributed by atoms with Crippen molar-refractivity contribution in [1.82, 2.24) is 5.32 Å². The Morgan fingerprint density at radius 1 is 1.64 bits per heavy atom. The first-order valence-electron chi connectivity index (χ1n) is 3.36. The van der Waals surface area contributed by atoms with Crippen LogP contribution in [-0.2, 0) is 4.79 Å². The van der Waals surface area contributed by atoms with E-state index >= 15 is 0 Å². The number of nitriles is 1. The molecule has 1 heterocycles. The van der Waals surface area contributed by atoms with E-state index in [1.54, 1.807) is 6.08 Å². The first kappa shape index (κ1) is 7.55. The van der Waals surface area contributed by atoms with Crippen molar-refractivity contribution in [1.29, 1.82) is 5.26 Å². The molecule has 0 saturated heterocycles. The Kier molecular flexibility index (Phi) is 2.45. The summed E-state index contributed by atoms with van der Waals surface area (Å²) in [7, 11) is 0. The predicted octanol–water partition coefficient (Wildman–Crippen LogP) is 0.716. The average molecular weight is 148 g/mol. The van der Waals surface area contributed by atoms with Crippen LogP contribution in [0.1, 0.15) is 6.42 Å². The van der Waals surface area contributed by atoms with Gasteiger partial charge in [0.1, 0.15) is 5.92 Å². The van der Waals surface area contributed by atoms with E-state index < -0.39 is 5.92 Å². The van der Waals surface area contributed by atoms with Crippen molar-refractivity contribution >= 4 is 5.91 Å². The van der Waals surface area contributed by atoms with Crippen LogP contribution in [0.15, 0.2) is 24.4 Å². The van der Waals surface area contributed by atoms with Gasteiger partial charge in [0, 0.05) is 6.20 Å². The molecule has 3 nitrogen and oxygen atoms in total. The minimum Gasteiger partial charge on any atom is -0.332 e. The summed E-state index contributed by atoms with van der Waals surface area (Å²) in [6.07, 6.45) is 7.37. The van der Waals surface area contributed by atoms with E-state index in [9.17, 15) is 4.79 Å². The fraction of sp³-hybridized carbons (Fsp3) is 0.250. The average Bonchev–Trinajstić information content (AvgIpc) is 1.98. The zero-order valence-electron chi connectivity index (χ0n) is 5.95. The van der Waals surface area contributed by atoms with E-state index in [1.165, 1.54) is 6.20 Å². The third-order valence-electron chi connectivity index (χ3n) is 1.41. The van der Waals surface area contributed by atoms with Gasteiger partial charge in [-0.3, -0.25) is 4.79 Å². The maximum atomic E-state index is 11.0. The number of nitrogens with one attached hydrogen (secondary N) is 1. The topological polar surface area (TPSA) is 52.9 Å². The van der Waals surface area contributed by atoms with Gasteiger partial charge in [0.25, 0.3) is 0 Å². The first-order chi connectivity index (χ1) is 5.34. The monoisotopic (exact) mass is 148 g/mol. The van der Waals surface area contributed by atoms with E-state index in [-0.39, 0.29) is 5.91 Å². The number of nitrogens with zero attached hydrogens (tertiary/aromatic N) is 1. The summed E-state index contributed by atoms with van der Waals surface area (Å²) in [5.41, 5.74) is 0. The molecule has 56 valence electrons. The van der Waals surface area contributed by atoms with Gasteiger partial charge in [-0.05, 0) is 12.5 Å². The molecule has 0 aromatic rings. The number of carbonyl (C=O) groups excluding carboxylic acids is 1. The second-order valence-corrected chi connectivity index (χ2v) is 2.21. The maximum Gasteiger partial charge on any atom is 0.241 e. The van der Waals surface area contributed by atoms with E-state index in [0.29, 0.717) is 6.42 Å². The summed E-state index contributed by atoms with van der Waals surface area (Å²) in [6.45, 7) is 0. The van der Waals surface area contributed by atoms with Crippen molar-refractivity contribution in [3.63, 3.8) is 0 Å². The van der Waals surface area contributed by atoms with Crippen molar-refractivity contribution in [2.45, 2.75) is 6.42 Å². The molecular formula is C8H8N2O. The highest BCUT2D eigenvalue weighted by Gasteiger charge is 2.14. The highest BCUT2D eigenvalue weighted by Crippen LogP contribution is 2.04. The molecule has 1 amide bonds. The number of amides is 1. The van der Waals surface area contributed by atoms with Gasteiger partial charge >= 0.3 is 0 Å². The second kappa shape index (κ2) is 3.57. The van der Waals surface area contributed by atoms with Gasteiger partial charge in [0.05, 0.1) is 6.07 Å². The Balaban J connectivity index is 2.70. The standard InChI is InChI=1S/C8H8N2O/c9-6-7-4-2-1-3-5-10-8(7)11/h1-3,5,7H,4H2,(H,10,11)/b2-1-,5-3-. The van der Waals surface area contributed by atoms with Gasteiger partial charge in [-0.15, -0.1) is 0 Å². The molecule has 0 fully saturated rings. The van der Waals surface area contributed by atoms with Crippen LogP contribution in [0.2, 0.25) is 0 Å². The van der Waals surface area contributed by atoms with Crippen LogP contribution in [0.5, 0.6) is 0 Å². The number of carbonyl (C=O) groups is 1. The number of hydrogen-bond donors (Lipinski definition) is 1. The van der Waals surface area contributed by atoms with Crippen LogP contribution in [0, 0.1) is 17.2 Å². The fourth-order valence-electron chi connectivity index (χ4n) is 0.798. The predicted molar refractivity (Wildman–Crippen MR) is 40.1 cm³/mol. The van der Waals surface area contributed by atoms with E-state index in [4.69, 9.17) is 5.26 Å². The fourth-order valence-corrected chi connectivity index (χ4v) is 0.798. The number of allylic oxidation sites excluding steroid dienone is 3. The lowest BCUT2D eigenvalue weighted by molar-refractivity contribution is -0.122. The molecule has 3 heteroatoms. The lowest BCUT2D eigenvalue weighted by atomic mass is 10.1. The molecule has 11 heavy (non-hydrogen) atoms. The molecule has 1 unspecified atom stereocenters. The first-order valence-corrected chi connectivity index (χ1v) is 3.36. The molecular weight excluding hydrogens is 140 g/mol. The molecule has 0 saturated carbocycles. The minimum atomic E-state index is -0.545. The zero-order valence-corrected chi connectivity index (χ0v) is 5.95. The van der Waals surface area contributed by atoms with Crippen LogP contribution < -0.4 is 5.32 Å². The SMILES string of the molecule is N#CC1C/C=C\C=C/NC1=O. The van der Waals surface area contributed by atoms with Crippen molar-refractivity contribution in [2.75, 3.05) is 0 Å². The molecule has 0 spiro atoms. The lowest BCUT2D eigenvalue weighted by Crippen LogP contribution is -2.25. The summed E-state index contributed by atoms with van der Waals surface area (Å²) in [6, 6.07) is 1.92. The number of hydrogen-bond acceptors (Lipinski definition) is 2. The Hall–Kier alpha value is -1.56. The van der Waals surface area contributed by atoms with Crippen molar-refractivity contribution in [2.24, 2.45) is 5.92 Å². The molecule has 0 radical (unpaired) electrons. The molecule has 0 aromatic carbocycles. The molecule has 1 aliphatic heterocycles. The van der Waals surface area contributed by atoms with Crippen molar-refractivity contribution in [3.05, 3.63) is 24.4 Å². The van der Waals surface area contributed by atoms with E-state index in [1.807, 2.05) is 18.2 Å². The Morgan fingerprint density at radius 2 is 2.45 bits per heavy atom. The number of rotatable bonds is 0.